The van der Waals surface area contributed by atoms with Crippen LogP contribution in [0.2, 0.25) is 0 Å². The third-order valence-electron chi connectivity index (χ3n) is 4.62. The number of ether oxygens (including phenoxy) is 1. The van der Waals surface area contributed by atoms with Crippen molar-refractivity contribution in [2.24, 2.45) is 0 Å². The number of carbonyl (C=O) groups excluding carboxylic acids is 1. The number of nitrogens with one attached hydrogen (secondary N) is 1. The van der Waals surface area contributed by atoms with Crippen LogP contribution in [0.1, 0.15) is 59.9 Å². The summed E-state index contributed by atoms with van der Waals surface area (Å²) in [5, 5.41) is 3.46. The summed E-state index contributed by atoms with van der Waals surface area (Å²) in [7, 11) is 0. The Kier molecular flexibility index (Phi) is 7.76. The number of aromatic nitrogens is 2. The zero-order chi connectivity index (χ0) is 20.5. The van der Waals surface area contributed by atoms with Gasteiger partial charge in [0.1, 0.15) is 5.75 Å². The van der Waals surface area contributed by atoms with Crippen LogP contribution in [0.15, 0.2) is 48.5 Å². The van der Waals surface area contributed by atoms with Crippen molar-refractivity contribution in [2.75, 3.05) is 6.54 Å². The fourth-order valence-corrected chi connectivity index (χ4v) is 3.49. The number of unbranched alkanes of at least 4 members (excludes halogenated alkanes) is 3. The summed E-state index contributed by atoms with van der Waals surface area (Å²) in [5.74, 6) is 1.29. The zero-order valence-electron chi connectivity index (χ0n) is 17.0. The predicted octanol–water partition coefficient (Wildman–Crippen LogP) is 5.54. The highest BCUT2D eigenvalue weighted by Crippen LogP contribution is 2.28. The smallest absolute Gasteiger partial charge is 0.298 e. The first-order chi connectivity index (χ1) is 14.2. The minimum absolute atomic E-state index is 0.0756. The van der Waals surface area contributed by atoms with Crippen molar-refractivity contribution < 1.29 is 9.53 Å². The molecule has 29 heavy (non-hydrogen) atoms. The van der Waals surface area contributed by atoms with Gasteiger partial charge in [0, 0.05) is 30.1 Å². The maximum Gasteiger partial charge on any atom is 0.298 e. The molecule has 0 radical (unpaired) electrons. The molecule has 1 amide bonds. The van der Waals surface area contributed by atoms with E-state index in [1.54, 1.807) is 6.07 Å². The first-order valence-electron chi connectivity index (χ1n) is 10.1. The molecule has 0 bridgehead atoms. The second-order valence-electron chi connectivity index (χ2n) is 7.04. The van der Waals surface area contributed by atoms with E-state index in [2.05, 4.69) is 33.7 Å². The van der Waals surface area contributed by atoms with Crippen molar-refractivity contribution in [3.8, 4) is 10.9 Å². The lowest BCUT2D eigenvalue weighted by molar-refractivity contribution is 0.0952. The largest absolute Gasteiger partial charge is 0.430 e. The number of hydrogen-bond acceptors (Lipinski definition) is 5. The maximum absolute atomic E-state index is 12.4. The lowest BCUT2D eigenvalue weighted by atomic mass is 10.1. The van der Waals surface area contributed by atoms with Crippen molar-refractivity contribution in [3.63, 3.8) is 0 Å². The van der Waals surface area contributed by atoms with Gasteiger partial charge >= 0.3 is 0 Å². The Balaban J connectivity index is 1.61. The van der Waals surface area contributed by atoms with Gasteiger partial charge in [-0.25, -0.2) is 0 Å². The normalized spacial score (nSPS) is 10.7. The topological polar surface area (TPSA) is 64.1 Å². The fraction of sp³-hybridized carbons (Fsp3) is 0.348. The van der Waals surface area contributed by atoms with Crippen molar-refractivity contribution >= 4 is 17.4 Å². The van der Waals surface area contributed by atoms with Crippen molar-refractivity contribution in [1.82, 2.24) is 14.7 Å². The number of benzene rings is 2. The molecule has 1 N–H and O–H groups in total. The summed E-state index contributed by atoms with van der Waals surface area (Å²) in [6.07, 6.45) is 5.20. The van der Waals surface area contributed by atoms with Crippen LogP contribution in [0.5, 0.6) is 10.9 Å². The molecule has 0 fully saturated rings. The molecule has 6 heteroatoms. The van der Waals surface area contributed by atoms with Gasteiger partial charge in [0.15, 0.2) is 5.82 Å². The van der Waals surface area contributed by atoms with Crippen LogP contribution in [0.25, 0.3) is 0 Å². The maximum atomic E-state index is 12.4. The van der Waals surface area contributed by atoms with Gasteiger partial charge in [-0.1, -0.05) is 62.6 Å². The van der Waals surface area contributed by atoms with Crippen molar-refractivity contribution in [1.29, 1.82) is 0 Å². The van der Waals surface area contributed by atoms with E-state index in [9.17, 15) is 4.79 Å². The van der Waals surface area contributed by atoms with Crippen LogP contribution in [-0.2, 0) is 6.42 Å². The molecule has 0 unspecified atom stereocenters. The highest BCUT2D eigenvalue weighted by Gasteiger charge is 2.12. The molecule has 0 aliphatic rings. The van der Waals surface area contributed by atoms with Crippen molar-refractivity contribution in [2.45, 2.75) is 46.0 Å². The summed E-state index contributed by atoms with van der Waals surface area (Å²) in [4.78, 5) is 16.9. The Morgan fingerprint density at radius 3 is 2.72 bits per heavy atom. The minimum Gasteiger partial charge on any atom is -0.430 e. The third kappa shape index (κ3) is 6.39. The Hall–Kier alpha value is -2.73. The molecule has 2 aromatic carbocycles. The lowest BCUT2D eigenvalue weighted by Crippen LogP contribution is -2.24. The Morgan fingerprint density at radius 1 is 1.10 bits per heavy atom. The van der Waals surface area contributed by atoms with Crippen LogP contribution in [0.4, 0.5) is 0 Å². The number of carbonyl (C=O) groups is 1. The second kappa shape index (κ2) is 10.7. The van der Waals surface area contributed by atoms with E-state index in [4.69, 9.17) is 4.74 Å². The number of hydrogen-bond donors (Lipinski definition) is 1. The van der Waals surface area contributed by atoms with Crippen molar-refractivity contribution in [3.05, 3.63) is 71.0 Å². The molecule has 3 aromatic rings. The van der Waals surface area contributed by atoms with Crippen LogP contribution in [-0.4, -0.2) is 21.8 Å². The number of aryl methyl sites for hydroxylation is 1. The van der Waals surface area contributed by atoms with Gasteiger partial charge in [0.05, 0.1) is 0 Å². The first-order valence-corrected chi connectivity index (χ1v) is 10.9. The average molecular weight is 410 g/mol. The number of rotatable bonds is 10. The highest BCUT2D eigenvalue weighted by molar-refractivity contribution is 7.07. The average Bonchev–Trinajstić information content (AvgIpc) is 3.17. The fourth-order valence-electron chi connectivity index (χ4n) is 2.93. The summed E-state index contributed by atoms with van der Waals surface area (Å²) >= 11 is 1.22. The Bertz CT molecular complexity index is 925. The monoisotopic (exact) mass is 409 g/mol. The molecule has 0 saturated heterocycles. The van der Waals surface area contributed by atoms with E-state index in [0.29, 0.717) is 29.5 Å². The first kappa shape index (κ1) is 21.0. The third-order valence-corrected chi connectivity index (χ3v) is 5.25. The molecular formula is C23H27N3O2S. The molecule has 0 aliphatic heterocycles. The zero-order valence-corrected chi connectivity index (χ0v) is 17.8. The van der Waals surface area contributed by atoms with E-state index in [1.165, 1.54) is 24.4 Å². The molecule has 152 valence electrons. The van der Waals surface area contributed by atoms with Gasteiger partial charge in [-0.15, -0.1) is 0 Å². The van der Waals surface area contributed by atoms with Gasteiger partial charge in [-0.2, -0.15) is 9.36 Å². The SMILES string of the molecule is CCCCCCNC(=O)c1ccc(C)c(Oc2nc(Cc3ccccc3)ns2)c1. The van der Waals surface area contributed by atoms with Crippen LogP contribution in [0.3, 0.4) is 0 Å². The van der Waals surface area contributed by atoms with E-state index < -0.39 is 0 Å². The van der Waals surface area contributed by atoms with Gasteiger partial charge in [0.2, 0.25) is 0 Å². The highest BCUT2D eigenvalue weighted by atomic mass is 32.1. The minimum atomic E-state index is -0.0756. The van der Waals surface area contributed by atoms with E-state index >= 15 is 0 Å². The molecule has 1 aromatic heterocycles. The van der Waals surface area contributed by atoms with Crippen LogP contribution >= 0.6 is 11.5 Å². The number of amides is 1. The molecule has 0 saturated carbocycles. The van der Waals surface area contributed by atoms with Crippen LogP contribution in [0, 0.1) is 6.92 Å². The molecule has 0 aliphatic carbocycles. The molecule has 0 atom stereocenters. The Morgan fingerprint density at radius 2 is 1.93 bits per heavy atom. The number of nitrogens with zero attached hydrogens (tertiary/aromatic N) is 2. The lowest BCUT2D eigenvalue weighted by Gasteiger charge is -2.09. The van der Waals surface area contributed by atoms with Gasteiger partial charge in [-0.3, -0.25) is 4.79 Å². The summed E-state index contributed by atoms with van der Waals surface area (Å²) in [6, 6.07) is 15.6. The summed E-state index contributed by atoms with van der Waals surface area (Å²) < 4.78 is 10.3. The summed E-state index contributed by atoms with van der Waals surface area (Å²) in [6.45, 7) is 4.82. The van der Waals surface area contributed by atoms with Gasteiger partial charge in [-0.05, 0) is 36.6 Å². The van der Waals surface area contributed by atoms with E-state index in [0.717, 1.165) is 29.8 Å². The van der Waals surface area contributed by atoms with Gasteiger partial charge < -0.3 is 10.1 Å². The van der Waals surface area contributed by atoms with E-state index in [-0.39, 0.29) is 5.91 Å². The predicted molar refractivity (Wildman–Crippen MR) is 117 cm³/mol. The molecule has 1 heterocycles. The molecule has 0 spiro atoms. The standard InChI is InChI=1S/C23H27N3O2S/c1-3-4-5-9-14-24-22(27)19-13-12-17(2)20(16-19)28-23-25-21(26-29-23)15-18-10-7-6-8-11-18/h6-8,10-13,16H,3-5,9,14-15H2,1-2H3,(H,24,27). The second-order valence-corrected chi connectivity index (χ2v) is 7.75. The van der Waals surface area contributed by atoms with Crippen LogP contribution < -0.4 is 10.1 Å². The summed E-state index contributed by atoms with van der Waals surface area (Å²) in [5.41, 5.74) is 2.70. The van der Waals surface area contributed by atoms with E-state index in [1.807, 2.05) is 37.3 Å². The molecule has 5 nitrogen and oxygen atoms in total. The van der Waals surface area contributed by atoms with Gasteiger partial charge in [0.25, 0.3) is 11.1 Å². The quantitative estimate of drug-likeness (QED) is 0.447. The molecular weight excluding hydrogens is 382 g/mol. The Labute approximate surface area is 176 Å². The molecule has 3 rings (SSSR count).